The lowest BCUT2D eigenvalue weighted by Gasteiger charge is -2.38. The second-order valence-corrected chi connectivity index (χ2v) is 9.32. The van der Waals surface area contributed by atoms with Crippen molar-refractivity contribution < 1.29 is 0 Å². The molecule has 0 saturated carbocycles. The molecule has 2 heterocycles. The minimum atomic E-state index is 0.544. The van der Waals surface area contributed by atoms with Gasteiger partial charge in [-0.3, -0.25) is 0 Å². The zero-order chi connectivity index (χ0) is 21.8. The highest BCUT2D eigenvalue weighted by Crippen LogP contribution is 2.31. The van der Waals surface area contributed by atoms with Crippen molar-refractivity contribution in [1.29, 1.82) is 0 Å². The summed E-state index contributed by atoms with van der Waals surface area (Å²) in [7, 11) is 0. The van der Waals surface area contributed by atoms with E-state index < -0.39 is 0 Å². The highest BCUT2D eigenvalue weighted by molar-refractivity contribution is 5.76. The number of piperazine rings is 1. The average Bonchev–Trinajstić information content (AvgIpc) is 2.69. The molecule has 6 heteroatoms. The zero-order valence-corrected chi connectivity index (χ0v) is 19.5. The molecule has 1 aromatic carbocycles. The number of nitrogen functional groups attached to an aromatic ring is 1. The van der Waals surface area contributed by atoms with Gasteiger partial charge < -0.3 is 20.4 Å². The van der Waals surface area contributed by atoms with Gasteiger partial charge in [0.2, 0.25) is 0 Å². The summed E-state index contributed by atoms with van der Waals surface area (Å²) in [6, 6.07) is 6.56. The van der Waals surface area contributed by atoms with Gasteiger partial charge in [-0.15, -0.1) is 0 Å². The van der Waals surface area contributed by atoms with Gasteiger partial charge in [0.15, 0.2) is 11.6 Å². The monoisotopic (exact) mass is 410 g/mol. The van der Waals surface area contributed by atoms with Gasteiger partial charge >= 0.3 is 0 Å². The molecular formula is C24H38N6. The fraction of sp³-hybridized carbons (Fsp3) is 0.583. The standard InChI is InChI=1S/C24H38N6/c1-17(2)14-30(15-18(3)4)24-22(25)23(26-16-27-24)29-12-10-28(11-13-29)21-9-7-8-19(5)20(21)6/h7-9,16-18H,10-15,25H2,1-6H3. The molecule has 1 aromatic heterocycles. The van der Waals surface area contributed by atoms with Gasteiger partial charge in [-0.25, -0.2) is 9.97 Å². The van der Waals surface area contributed by atoms with E-state index in [-0.39, 0.29) is 0 Å². The van der Waals surface area contributed by atoms with Gasteiger partial charge in [0, 0.05) is 45.0 Å². The number of hydrogen-bond acceptors (Lipinski definition) is 6. The van der Waals surface area contributed by atoms with Crippen molar-refractivity contribution in [2.75, 3.05) is 59.7 Å². The van der Waals surface area contributed by atoms with Crippen molar-refractivity contribution in [1.82, 2.24) is 9.97 Å². The van der Waals surface area contributed by atoms with Crippen molar-refractivity contribution in [2.24, 2.45) is 11.8 Å². The van der Waals surface area contributed by atoms with Crippen LogP contribution in [0.1, 0.15) is 38.8 Å². The van der Waals surface area contributed by atoms with E-state index in [1.165, 1.54) is 16.8 Å². The summed E-state index contributed by atoms with van der Waals surface area (Å²) < 4.78 is 0. The topological polar surface area (TPSA) is 61.5 Å². The molecule has 0 aliphatic carbocycles. The molecule has 2 aromatic rings. The van der Waals surface area contributed by atoms with Crippen LogP contribution in [0, 0.1) is 25.7 Å². The Bertz CT molecular complexity index is 830. The molecule has 1 fully saturated rings. The molecule has 1 aliphatic heterocycles. The molecule has 0 spiro atoms. The molecule has 3 rings (SSSR count). The summed E-state index contributed by atoms with van der Waals surface area (Å²) in [5, 5.41) is 0. The van der Waals surface area contributed by atoms with Crippen molar-refractivity contribution in [2.45, 2.75) is 41.5 Å². The van der Waals surface area contributed by atoms with E-state index in [1.807, 2.05) is 0 Å². The fourth-order valence-corrected chi connectivity index (χ4v) is 4.25. The van der Waals surface area contributed by atoms with E-state index in [1.54, 1.807) is 6.33 Å². The summed E-state index contributed by atoms with van der Waals surface area (Å²) in [6.07, 6.45) is 1.67. The molecular weight excluding hydrogens is 372 g/mol. The number of nitrogens with two attached hydrogens (primary N) is 1. The molecule has 164 valence electrons. The van der Waals surface area contributed by atoms with Crippen LogP contribution in [0.2, 0.25) is 0 Å². The summed E-state index contributed by atoms with van der Waals surface area (Å²) in [5.41, 5.74) is 11.4. The minimum Gasteiger partial charge on any atom is -0.393 e. The maximum atomic E-state index is 6.63. The van der Waals surface area contributed by atoms with Crippen LogP contribution in [0.25, 0.3) is 0 Å². The number of rotatable bonds is 7. The van der Waals surface area contributed by atoms with Crippen molar-refractivity contribution in [3.8, 4) is 0 Å². The molecule has 0 bridgehead atoms. The smallest absolute Gasteiger partial charge is 0.157 e. The van der Waals surface area contributed by atoms with Gasteiger partial charge in [-0.2, -0.15) is 0 Å². The highest BCUT2D eigenvalue weighted by Gasteiger charge is 2.24. The van der Waals surface area contributed by atoms with Crippen LogP contribution in [0.5, 0.6) is 0 Å². The first-order chi connectivity index (χ1) is 14.3. The van der Waals surface area contributed by atoms with E-state index in [0.717, 1.165) is 50.9 Å². The average molecular weight is 411 g/mol. The van der Waals surface area contributed by atoms with Crippen LogP contribution < -0.4 is 20.4 Å². The number of aryl methyl sites for hydroxylation is 1. The Balaban J connectivity index is 1.77. The first-order valence-electron chi connectivity index (χ1n) is 11.2. The van der Waals surface area contributed by atoms with Crippen LogP contribution in [-0.2, 0) is 0 Å². The van der Waals surface area contributed by atoms with Gasteiger partial charge in [-0.05, 0) is 42.9 Å². The van der Waals surface area contributed by atoms with Crippen LogP contribution in [0.3, 0.4) is 0 Å². The fourth-order valence-electron chi connectivity index (χ4n) is 4.25. The number of hydrogen-bond donors (Lipinski definition) is 1. The van der Waals surface area contributed by atoms with Gasteiger partial charge in [-0.1, -0.05) is 39.8 Å². The third-order valence-corrected chi connectivity index (χ3v) is 5.81. The van der Waals surface area contributed by atoms with Crippen LogP contribution >= 0.6 is 0 Å². The molecule has 0 amide bonds. The van der Waals surface area contributed by atoms with Crippen LogP contribution in [0.4, 0.5) is 23.0 Å². The molecule has 1 aliphatic rings. The summed E-state index contributed by atoms with van der Waals surface area (Å²) in [5.74, 6) is 2.84. The quantitative estimate of drug-likeness (QED) is 0.741. The maximum Gasteiger partial charge on any atom is 0.157 e. The maximum absolute atomic E-state index is 6.63. The highest BCUT2D eigenvalue weighted by atomic mass is 15.3. The lowest BCUT2D eigenvalue weighted by Crippen LogP contribution is -2.47. The number of anilines is 4. The predicted molar refractivity (Wildman–Crippen MR) is 129 cm³/mol. The molecule has 0 unspecified atom stereocenters. The van der Waals surface area contributed by atoms with E-state index >= 15 is 0 Å². The van der Waals surface area contributed by atoms with Crippen molar-refractivity contribution in [3.05, 3.63) is 35.7 Å². The predicted octanol–water partition coefficient (Wildman–Crippen LogP) is 4.12. The Hall–Kier alpha value is -2.50. The molecule has 6 nitrogen and oxygen atoms in total. The Labute approximate surface area is 182 Å². The number of nitrogens with zero attached hydrogens (tertiary/aromatic N) is 5. The largest absolute Gasteiger partial charge is 0.393 e. The Kier molecular flexibility index (Phi) is 7.06. The lowest BCUT2D eigenvalue weighted by atomic mass is 10.1. The number of benzene rings is 1. The van der Waals surface area contributed by atoms with Crippen molar-refractivity contribution in [3.63, 3.8) is 0 Å². The van der Waals surface area contributed by atoms with Gasteiger partial charge in [0.25, 0.3) is 0 Å². The first kappa shape index (κ1) is 22.2. The Morgan fingerprint density at radius 3 is 2.13 bits per heavy atom. The summed E-state index contributed by atoms with van der Waals surface area (Å²) in [6.45, 7) is 19.0. The zero-order valence-electron chi connectivity index (χ0n) is 19.5. The molecule has 30 heavy (non-hydrogen) atoms. The van der Waals surface area contributed by atoms with E-state index in [0.29, 0.717) is 17.5 Å². The second kappa shape index (κ2) is 9.54. The Morgan fingerprint density at radius 2 is 1.53 bits per heavy atom. The molecule has 2 N–H and O–H groups in total. The third kappa shape index (κ3) is 4.97. The van der Waals surface area contributed by atoms with Crippen LogP contribution in [-0.4, -0.2) is 49.2 Å². The van der Waals surface area contributed by atoms with E-state index in [2.05, 4.69) is 84.4 Å². The SMILES string of the molecule is Cc1cccc(N2CCN(c3ncnc(N(CC(C)C)CC(C)C)c3N)CC2)c1C. The molecule has 0 atom stereocenters. The van der Waals surface area contributed by atoms with Crippen LogP contribution in [0.15, 0.2) is 24.5 Å². The molecule has 0 radical (unpaired) electrons. The Morgan fingerprint density at radius 1 is 0.933 bits per heavy atom. The van der Waals surface area contributed by atoms with E-state index in [4.69, 9.17) is 5.73 Å². The summed E-state index contributed by atoms with van der Waals surface area (Å²) in [4.78, 5) is 16.3. The third-order valence-electron chi connectivity index (χ3n) is 5.81. The van der Waals surface area contributed by atoms with E-state index in [9.17, 15) is 0 Å². The summed E-state index contributed by atoms with van der Waals surface area (Å²) >= 11 is 0. The normalized spacial score (nSPS) is 14.7. The lowest BCUT2D eigenvalue weighted by molar-refractivity contribution is 0.548. The van der Waals surface area contributed by atoms with Gasteiger partial charge in [0.1, 0.15) is 12.0 Å². The molecule has 1 saturated heterocycles. The minimum absolute atomic E-state index is 0.544. The number of aromatic nitrogens is 2. The van der Waals surface area contributed by atoms with Crippen molar-refractivity contribution >= 4 is 23.0 Å². The van der Waals surface area contributed by atoms with Gasteiger partial charge in [0.05, 0.1) is 0 Å². The first-order valence-corrected chi connectivity index (χ1v) is 11.2. The second-order valence-electron chi connectivity index (χ2n) is 9.32.